The molecule has 0 saturated heterocycles. The Hall–Kier alpha value is -1.16. The number of aryl methyl sites for hydroxylation is 1. The minimum absolute atomic E-state index is 0.642. The molecule has 0 spiro atoms. The Labute approximate surface area is 84.2 Å². The van der Waals surface area contributed by atoms with E-state index in [0.29, 0.717) is 5.69 Å². The number of aromatic nitrogens is 1. The molecule has 0 bridgehead atoms. The molecule has 1 aromatic rings. The highest BCUT2D eigenvalue weighted by molar-refractivity contribution is 9.10. The van der Waals surface area contributed by atoms with Crippen LogP contribution in [0, 0.1) is 6.92 Å². The van der Waals surface area contributed by atoms with E-state index in [9.17, 15) is 4.79 Å². The van der Waals surface area contributed by atoms with Crippen molar-refractivity contribution in [2.75, 3.05) is 0 Å². The van der Waals surface area contributed by atoms with E-state index in [1.165, 1.54) is 6.08 Å². The fraction of sp³-hybridized carbons (Fsp3) is 0.111. The van der Waals surface area contributed by atoms with Crippen LogP contribution in [0.2, 0.25) is 0 Å². The van der Waals surface area contributed by atoms with Gasteiger partial charge in [0.15, 0.2) is 0 Å². The van der Waals surface area contributed by atoms with Crippen LogP contribution in [-0.2, 0) is 4.79 Å². The lowest BCUT2D eigenvalue weighted by Crippen LogP contribution is -1.89. The van der Waals surface area contributed by atoms with E-state index < -0.39 is 5.97 Å². The van der Waals surface area contributed by atoms with Crippen molar-refractivity contribution in [1.82, 2.24) is 4.98 Å². The van der Waals surface area contributed by atoms with Crippen molar-refractivity contribution in [3.05, 3.63) is 34.1 Å². The Kier molecular flexibility index (Phi) is 3.19. The molecule has 0 radical (unpaired) electrons. The number of rotatable bonds is 2. The quantitative estimate of drug-likeness (QED) is 0.809. The highest BCUT2D eigenvalue weighted by Crippen LogP contribution is 2.14. The van der Waals surface area contributed by atoms with Crippen LogP contribution < -0.4 is 0 Å². The summed E-state index contributed by atoms with van der Waals surface area (Å²) in [6, 6.07) is 3.58. The van der Waals surface area contributed by atoms with Gasteiger partial charge in [-0.3, -0.25) is 4.98 Å². The van der Waals surface area contributed by atoms with Gasteiger partial charge in [-0.2, -0.15) is 0 Å². The zero-order valence-corrected chi connectivity index (χ0v) is 8.58. The van der Waals surface area contributed by atoms with Crippen LogP contribution in [0.25, 0.3) is 6.08 Å². The van der Waals surface area contributed by atoms with Crippen LogP contribution >= 0.6 is 15.9 Å². The van der Waals surface area contributed by atoms with Crippen LogP contribution in [0.3, 0.4) is 0 Å². The molecule has 0 fully saturated rings. The lowest BCUT2D eigenvalue weighted by atomic mass is 10.3. The van der Waals surface area contributed by atoms with Crippen molar-refractivity contribution in [1.29, 1.82) is 0 Å². The zero-order valence-electron chi connectivity index (χ0n) is 6.99. The zero-order chi connectivity index (χ0) is 9.84. The number of halogens is 1. The number of pyridine rings is 1. The molecule has 0 atom stereocenters. The number of carboxylic acids is 1. The van der Waals surface area contributed by atoms with Gasteiger partial charge in [-0.1, -0.05) is 0 Å². The van der Waals surface area contributed by atoms with Gasteiger partial charge in [-0.15, -0.1) is 0 Å². The molecule has 0 saturated carbocycles. The molecular formula is C9H8BrNO2. The topological polar surface area (TPSA) is 50.2 Å². The second-order valence-electron chi connectivity index (χ2n) is 2.47. The van der Waals surface area contributed by atoms with Gasteiger partial charge in [-0.05, 0) is 41.1 Å². The first-order valence-corrected chi connectivity index (χ1v) is 4.43. The normalized spacial score (nSPS) is 10.6. The number of hydrogen-bond donors (Lipinski definition) is 1. The molecule has 13 heavy (non-hydrogen) atoms. The summed E-state index contributed by atoms with van der Waals surface area (Å²) in [7, 11) is 0. The van der Waals surface area contributed by atoms with Crippen molar-refractivity contribution in [3.8, 4) is 0 Å². The molecule has 1 N–H and O–H groups in total. The number of carbonyl (C=O) groups is 1. The average Bonchev–Trinajstić information content (AvgIpc) is 2.07. The molecule has 0 aliphatic heterocycles. The highest BCUT2D eigenvalue weighted by atomic mass is 79.9. The van der Waals surface area contributed by atoms with E-state index in [-0.39, 0.29) is 0 Å². The van der Waals surface area contributed by atoms with E-state index >= 15 is 0 Å². The summed E-state index contributed by atoms with van der Waals surface area (Å²) < 4.78 is 0.917. The third-order valence-corrected chi connectivity index (χ3v) is 2.28. The number of nitrogens with zero attached hydrogens (tertiary/aromatic N) is 1. The average molecular weight is 242 g/mol. The SMILES string of the molecule is Cc1nc(C=CC(=O)O)ccc1Br. The number of carboxylic acid groups (broad SMARTS) is 1. The van der Waals surface area contributed by atoms with Gasteiger partial charge in [0.05, 0.1) is 11.4 Å². The van der Waals surface area contributed by atoms with E-state index in [0.717, 1.165) is 16.2 Å². The maximum atomic E-state index is 10.2. The summed E-state index contributed by atoms with van der Waals surface area (Å²) in [6.45, 7) is 1.85. The molecule has 0 amide bonds. The summed E-state index contributed by atoms with van der Waals surface area (Å²) in [4.78, 5) is 14.3. The monoisotopic (exact) mass is 241 g/mol. The molecular weight excluding hydrogens is 234 g/mol. The Morgan fingerprint density at radius 2 is 2.31 bits per heavy atom. The predicted octanol–water partition coefficient (Wildman–Crippen LogP) is 2.25. The Morgan fingerprint density at radius 3 is 2.85 bits per heavy atom. The van der Waals surface area contributed by atoms with Gasteiger partial charge in [0, 0.05) is 10.5 Å². The van der Waals surface area contributed by atoms with Crippen molar-refractivity contribution < 1.29 is 9.90 Å². The van der Waals surface area contributed by atoms with E-state index in [2.05, 4.69) is 20.9 Å². The molecule has 0 unspecified atom stereocenters. The van der Waals surface area contributed by atoms with Gasteiger partial charge in [0.25, 0.3) is 0 Å². The molecule has 1 rings (SSSR count). The van der Waals surface area contributed by atoms with E-state index in [1.54, 1.807) is 6.07 Å². The van der Waals surface area contributed by atoms with E-state index in [1.807, 2.05) is 13.0 Å². The minimum atomic E-state index is -0.970. The summed E-state index contributed by atoms with van der Waals surface area (Å²) >= 11 is 3.31. The first-order chi connectivity index (χ1) is 6.09. The number of hydrogen-bond acceptors (Lipinski definition) is 2. The fourth-order valence-corrected chi connectivity index (χ4v) is 1.03. The van der Waals surface area contributed by atoms with Crippen molar-refractivity contribution in [2.45, 2.75) is 6.92 Å². The maximum Gasteiger partial charge on any atom is 0.328 e. The lowest BCUT2D eigenvalue weighted by Gasteiger charge is -1.97. The highest BCUT2D eigenvalue weighted by Gasteiger charge is 1.96. The van der Waals surface area contributed by atoms with Crippen molar-refractivity contribution in [3.63, 3.8) is 0 Å². The second-order valence-corrected chi connectivity index (χ2v) is 3.33. The molecule has 1 aromatic heterocycles. The lowest BCUT2D eigenvalue weighted by molar-refractivity contribution is -0.131. The Balaban J connectivity index is 2.92. The number of aliphatic carboxylic acids is 1. The summed E-state index contributed by atoms with van der Waals surface area (Å²) in [5.74, 6) is -0.970. The van der Waals surface area contributed by atoms with Gasteiger partial charge in [0.2, 0.25) is 0 Å². The summed E-state index contributed by atoms with van der Waals surface area (Å²) in [6.07, 6.45) is 2.53. The standard InChI is InChI=1S/C9H8BrNO2/c1-6-8(10)4-2-7(11-6)3-5-9(12)13/h2-5H,1H3,(H,12,13). The van der Waals surface area contributed by atoms with Crippen LogP contribution in [0.4, 0.5) is 0 Å². The molecule has 68 valence electrons. The van der Waals surface area contributed by atoms with Gasteiger partial charge in [0.1, 0.15) is 0 Å². The first kappa shape index (κ1) is 9.92. The summed E-state index contributed by atoms with van der Waals surface area (Å²) in [5, 5.41) is 8.37. The molecule has 1 heterocycles. The maximum absolute atomic E-state index is 10.2. The molecule has 0 aliphatic rings. The molecule has 3 nitrogen and oxygen atoms in total. The van der Waals surface area contributed by atoms with Crippen molar-refractivity contribution >= 4 is 28.0 Å². The Morgan fingerprint density at radius 1 is 1.62 bits per heavy atom. The van der Waals surface area contributed by atoms with Gasteiger partial charge < -0.3 is 5.11 Å². The predicted molar refractivity (Wildman–Crippen MR) is 53.3 cm³/mol. The van der Waals surface area contributed by atoms with Crippen molar-refractivity contribution in [2.24, 2.45) is 0 Å². The summed E-state index contributed by atoms with van der Waals surface area (Å²) in [5.41, 5.74) is 1.48. The van der Waals surface area contributed by atoms with Crippen LogP contribution in [0.1, 0.15) is 11.4 Å². The molecule has 0 aliphatic carbocycles. The van der Waals surface area contributed by atoms with Crippen LogP contribution in [0.5, 0.6) is 0 Å². The van der Waals surface area contributed by atoms with Gasteiger partial charge in [-0.25, -0.2) is 4.79 Å². The first-order valence-electron chi connectivity index (χ1n) is 3.64. The third kappa shape index (κ3) is 2.99. The molecule has 4 heteroatoms. The minimum Gasteiger partial charge on any atom is -0.478 e. The molecule has 0 aromatic carbocycles. The smallest absolute Gasteiger partial charge is 0.328 e. The van der Waals surface area contributed by atoms with Crippen LogP contribution in [0.15, 0.2) is 22.7 Å². The van der Waals surface area contributed by atoms with E-state index in [4.69, 9.17) is 5.11 Å². The fourth-order valence-electron chi connectivity index (χ4n) is 0.813. The van der Waals surface area contributed by atoms with Gasteiger partial charge >= 0.3 is 5.97 Å². The Bertz CT molecular complexity index is 361. The second kappa shape index (κ2) is 4.18. The van der Waals surface area contributed by atoms with Crippen LogP contribution in [-0.4, -0.2) is 16.1 Å². The largest absolute Gasteiger partial charge is 0.478 e. The third-order valence-electron chi connectivity index (χ3n) is 1.44.